The van der Waals surface area contributed by atoms with Gasteiger partial charge in [0.15, 0.2) is 0 Å². The Kier molecular flexibility index (Phi) is 7.33. The molecular weight excluding hydrogens is 409 g/mol. The molecule has 1 aliphatic heterocycles. The van der Waals surface area contributed by atoms with Crippen LogP contribution in [0, 0.1) is 5.92 Å². The number of hydrogen-bond donors (Lipinski definition) is 2. The first-order valence-electron chi connectivity index (χ1n) is 10.2. The Bertz CT molecular complexity index is 902. The van der Waals surface area contributed by atoms with Crippen LogP contribution in [0.5, 0.6) is 0 Å². The van der Waals surface area contributed by atoms with Crippen molar-refractivity contribution in [1.29, 1.82) is 0 Å². The number of hydrogen-bond acceptors (Lipinski definition) is 3. The van der Waals surface area contributed by atoms with E-state index in [2.05, 4.69) is 5.32 Å². The molecule has 2 amide bonds. The third kappa shape index (κ3) is 6.07. The third-order valence-corrected chi connectivity index (χ3v) is 5.44. The van der Waals surface area contributed by atoms with Crippen LogP contribution in [0.1, 0.15) is 35.6 Å². The SMILES string of the molecule is O=C(NCC(O)c1ccccc1C(F)(F)F)C1CCCN(C(=O)Cc2ccccc2)C1. The number of halogens is 3. The van der Waals surface area contributed by atoms with Crippen LogP contribution >= 0.6 is 0 Å². The van der Waals surface area contributed by atoms with Crippen molar-refractivity contribution in [2.45, 2.75) is 31.5 Å². The van der Waals surface area contributed by atoms with Gasteiger partial charge in [-0.25, -0.2) is 0 Å². The predicted molar refractivity (Wildman–Crippen MR) is 109 cm³/mol. The molecule has 2 atom stereocenters. The minimum Gasteiger partial charge on any atom is -0.387 e. The van der Waals surface area contributed by atoms with Crippen molar-refractivity contribution in [3.63, 3.8) is 0 Å². The van der Waals surface area contributed by atoms with Gasteiger partial charge >= 0.3 is 6.18 Å². The number of piperidine rings is 1. The Morgan fingerprint density at radius 3 is 2.48 bits per heavy atom. The molecule has 2 aromatic rings. The zero-order valence-electron chi connectivity index (χ0n) is 16.9. The van der Waals surface area contributed by atoms with Crippen LogP contribution in [-0.4, -0.2) is 41.5 Å². The van der Waals surface area contributed by atoms with Crippen LogP contribution in [0.3, 0.4) is 0 Å². The molecular formula is C23H25F3N2O3. The largest absolute Gasteiger partial charge is 0.416 e. The number of benzene rings is 2. The molecule has 1 fully saturated rings. The highest BCUT2D eigenvalue weighted by Gasteiger charge is 2.35. The second-order valence-corrected chi connectivity index (χ2v) is 7.69. The van der Waals surface area contributed by atoms with Crippen LogP contribution in [0.25, 0.3) is 0 Å². The van der Waals surface area contributed by atoms with E-state index in [0.717, 1.165) is 11.6 Å². The molecule has 31 heavy (non-hydrogen) atoms. The van der Waals surface area contributed by atoms with Gasteiger partial charge in [0.05, 0.1) is 24.0 Å². The maximum absolute atomic E-state index is 13.1. The second-order valence-electron chi connectivity index (χ2n) is 7.69. The van der Waals surface area contributed by atoms with Gasteiger partial charge in [0, 0.05) is 19.6 Å². The van der Waals surface area contributed by atoms with Crippen LogP contribution in [0.2, 0.25) is 0 Å². The van der Waals surface area contributed by atoms with Crippen molar-refractivity contribution in [2.24, 2.45) is 5.92 Å². The van der Waals surface area contributed by atoms with Gasteiger partial charge in [-0.1, -0.05) is 48.5 Å². The molecule has 8 heteroatoms. The average molecular weight is 434 g/mol. The molecule has 166 valence electrons. The van der Waals surface area contributed by atoms with Crippen LogP contribution in [0.4, 0.5) is 13.2 Å². The van der Waals surface area contributed by atoms with E-state index in [1.54, 1.807) is 4.90 Å². The number of nitrogens with one attached hydrogen (secondary N) is 1. The summed E-state index contributed by atoms with van der Waals surface area (Å²) in [4.78, 5) is 26.8. The summed E-state index contributed by atoms with van der Waals surface area (Å²) in [7, 11) is 0. The van der Waals surface area contributed by atoms with Gasteiger partial charge in [-0.3, -0.25) is 9.59 Å². The maximum atomic E-state index is 13.1. The van der Waals surface area contributed by atoms with E-state index in [0.29, 0.717) is 19.4 Å². The lowest BCUT2D eigenvalue weighted by Crippen LogP contribution is -2.46. The minimum atomic E-state index is -4.59. The summed E-state index contributed by atoms with van der Waals surface area (Å²) in [5.74, 6) is -0.901. The Labute approximate surface area is 178 Å². The molecule has 2 unspecified atom stereocenters. The second kappa shape index (κ2) is 9.96. The van der Waals surface area contributed by atoms with Gasteiger partial charge < -0.3 is 15.3 Å². The van der Waals surface area contributed by atoms with Crippen molar-refractivity contribution in [3.8, 4) is 0 Å². The number of likely N-dealkylation sites (tertiary alicyclic amines) is 1. The van der Waals surface area contributed by atoms with Gasteiger partial charge in [0.2, 0.25) is 11.8 Å². The number of nitrogens with zero attached hydrogens (tertiary/aromatic N) is 1. The standard InChI is InChI=1S/C23H25F3N2O3/c24-23(25,26)19-11-5-4-10-18(19)20(29)14-27-22(31)17-9-6-12-28(15-17)21(30)13-16-7-2-1-3-8-16/h1-5,7-8,10-11,17,20,29H,6,9,12-15H2,(H,27,31). The Hall–Kier alpha value is -2.87. The molecule has 2 N–H and O–H groups in total. The monoisotopic (exact) mass is 434 g/mol. The predicted octanol–water partition coefficient (Wildman–Crippen LogP) is 3.34. The molecule has 0 saturated carbocycles. The van der Waals surface area contributed by atoms with Gasteiger partial charge in [-0.2, -0.15) is 13.2 Å². The fourth-order valence-electron chi connectivity index (χ4n) is 3.80. The first-order valence-corrected chi connectivity index (χ1v) is 10.2. The van der Waals surface area contributed by atoms with E-state index < -0.39 is 23.8 Å². The molecule has 0 bridgehead atoms. The van der Waals surface area contributed by atoms with E-state index in [4.69, 9.17) is 0 Å². The summed E-state index contributed by atoms with van der Waals surface area (Å²) in [5, 5.41) is 12.8. The summed E-state index contributed by atoms with van der Waals surface area (Å²) in [5.41, 5.74) is -0.309. The fraction of sp³-hybridized carbons (Fsp3) is 0.391. The summed E-state index contributed by atoms with van der Waals surface area (Å²) >= 11 is 0. The molecule has 0 spiro atoms. The molecule has 1 saturated heterocycles. The number of amides is 2. The number of carbonyl (C=O) groups excluding carboxylic acids is 2. The van der Waals surface area contributed by atoms with Gasteiger partial charge in [0.1, 0.15) is 0 Å². The van der Waals surface area contributed by atoms with Crippen molar-refractivity contribution in [2.75, 3.05) is 19.6 Å². The molecule has 1 aliphatic rings. The van der Waals surface area contributed by atoms with E-state index in [9.17, 15) is 27.9 Å². The average Bonchev–Trinajstić information content (AvgIpc) is 2.77. The quantitative estimate of drug-likeness (QED) is 0.733. The lowest BCUT2D eigenvalue weighted by Gasteiger charge is -2.32. The highest BCUT2D eigenvalue weighted by Crippen LogP contribution is 2.34. The summed E-state index contributed by atoms with van der Waals surface area (Å²) < 4.78 is 39.4. The summed E-state index contributed by atoms with van der Waals surface area (Å²) in [6.07, 6.45) is -4.58. The first-order chi connectivity index (χ1) is 14.8. The van der Waals surface area contributed by atoms with Crippen LogP contribution in [-0.2, 0) is 22.2 Å². The number of rotatable bonds is 6. The molecule has 0 aliphatic carbocycles. The van der Waals surface area contributed by atoms with Crippen molar-refractivity contribution < 1.29 is 27.9 Å². The number of alkyl halides is 3. The molecule has 0 radical (unpaired) electrons. The Morgan fingerprint density at radius 1 is 1.10 bits per heavy atom. The van der Waals surface area contributed by atoms with Crippen LogP contribution < -0.4 is 5.32 Å². The molecule has 5 nitrogen and oxygen atoms in total. The molecule has 1 heterocycles. The van der Waals surface area contributed by atoms with Crippen molar-refractivity contribution in [3.05, 3.63) is 71.3 Å². The van der Waals surface area contributed by atoms with Gasteiger partial charge in [-0.15, -0.1) is 0 Å². The Morgan fingerprint density at radius 2 is 1.77 bits per heavy atom. The molecule has 0 aromatic heterocycles. The highest BCUT2D eigenvalue weighted by molar-refractivity contribution is 5.82. The third-order valence-electron chi connectivity index (χ3n) is 5.44. The van der Waals surface area contributed by atoms with E-state index >= 15 is 0 Å². The lowest BCUT2D eigenvalue weighted by atomic mass is 9.96. The smallest absolute Gasteiger partial charge is 0.387 e. The van der Waals surface area contributed by atoms with E-state index in [1.165, 1.54) is 18.2 Å². The van der Waals surface area contributed by atoms with E-state index in [1.807, 2.05) is 30.3 Å². The zero-order chi connectivity index (χ0) is 22.4. The molecule has 3 rings (SSSR count). The van der Waals surface area contributed by atoms with Crippen molar-refractivity contribution >= 4 is 11.8 Å². The maximum Gasteiger partial charge on any atom is 0.416 e. The normalized spacial score (nSPS) is 17.8. The zero-order valence-corrected chi connectivity index (χ0v) is 16.9. The number of carbonyl (C=O) groups is 2. The van der Waals surface area contributed by atoms with Gasteiger partial charge in [0.25, 0.3) is 0 Å². The van der Waals surface area contributed by atoms with Gasteiger partial charge in [-0.05, 0) is 30.0 Å². The number of aliphatic hydroxyl groups excluding tert-OH is 1. The van der Waals surface area contributed by atoms with Crippen molar-refractivity contribution in [1.82, 2.24) is 10.2 Å². The molecule has 2 aromatic carbocycles. The number of aliphatic hydroxyl groups is 1. The lowest BCUT2D eigenvalue weighted by molar-refractivity contribution is -0.139. The Balaban J connectivity index is 1.55. The summed E-state index contributed by atoms with van der Waals surface area (Å²) in [6.45, 7) is 0.490. The topological polar surface area (TPSA) is 69.6 Å². The summed E-state index contributed by atoms with van der Waals surface area (Å²) in [6, 6.07) is 14.1. The minimum absolute atomic E-state index is 0.0668. The van der Waals surface area contributed by atoms with Crippen LogP contribution in [0.15, 0.2) is 54.6 Å². The fourth-order valence-corrected chi connectivity index (χ4v) is 3.80. The first kappa shape index (κ1) is 22.8. The highest BCUT2D eigenvalue weighted by atomic mass is 19.4. The van der Waals surface area contributed by atoms with E-state index in [-0.39, 0.29) is 36.9 Å².